The van der Waals surface area contributed by atoms with Crippen molar-refractivity contribution in [1.29, 1.82) is 5.26 Å². The van der Waals surface area contributed by atoms with Crippen molar-refractivity contribution in [2.45, 2.75) is 146 Å². The van der Waals surface area contributed by atoms with E-state index in [1.165, 1.54) is 100 Å². The molecule has 0 saturated carbocycles. The van der Waals surface area contributed by atoms with Gasteiger partial charge in [0, 0.05) is 6.61 Å². The zero-order valence-corrected chi connectivity index (χ0v) is 35.4. The summed E-state index contributed by atoms with van der Waals surface area (Å²) >= 11 is 0. The average molecular weight is 838 g/mol. The van der Waals surface area contributed by atoms with E-state index in [1.54, 1.807) is 6.07 Å². The maximum atomic E-state index is 13.1. The molecule has 0 amide bonds. The van der Waals surface area contributed by atoms with Crippen LogP contribution in [-0.4, -0.2) is 80.5 Å². The van der Waals surface area contributed by atoms with E-state index in [-0.39, 0.29) is 31.3 Å². The highest BCUT2D eigenvalue weighted by Crippen LogP contribution is 2.46. The predicted molar refractivity (Wildman–Crippen MR) is 226 cm³/mol. The summed E-state index contributed by atoms with van der Waals surface area (Å²) in [4.78, 5) is 14.6. The van der Waals surface area contributed by atoms with Crippen molar-refractivity contribution in [3.05, 3.63) is 72.2 Å². The van der Waals surface area contributed by atoms with Gasteiger partial charge in [-0.25, -0.2) is 14.1 Å². The quantitative estimate of drug-likeness (QED) is 0.0301. The molecular weight excluding hydrogens is 773 g/mol. The maximum Gasteiger partial charge on any atom is 0.472 e. The standard InChI is InChI=1S/C44H64N5O9P/c1-2-3-4-5-6-7-8-9-10-11-12-13-14-15-16-19-26-54-29-37(55-28-34-22-23-35-20-17-18-21-36(35)27-34)30-56-59(52,53)57-31-39-41(50)42(51)44(32-45,58-39)40-25-24-38-43(46)47-33-48-49(38)40/h17-18,20-25,27,33,37,39,41-42,50-51H,2-16,19,26,28-31H2,1H3,(H,52,53)(H2,46,47,48)/t37-,39-,41-,42-,44+/m1/s1. The molecule has 2 aromatic carbocycles. The second-order valence-electron chi connectivity index (χ2n) is 15.7. The smallest absolute Gasteiger partial charge is 0.387 e. The number of phosphoric ester groups is 1. The Balaban J connectivity index is 1.04. The molecular formula is C44H64N5O9P. The third kappa shape index (κ3) is 13.8. The first-order valence-corrected chi connectivity index (χ1v) is 23.0. The molecule has 2 aromatic heterocycles. The van der Waals surface area contributed by atoms with Crippen LogP contribution in [0.25, 0.3) is 16.3 Å². The molecule has 5 rings (SSSR count). The summed E-state index contributed by atoms with van der Waals surface area (Å²) < 4.78 is 43.0. The normalized spacial score (nSPS) is 20.9. The van der Waals surface area contributed by atoms with Crippen molar-refractivity contribution in [2.75, 3.05) is 32.2 Å². The Kier molecular flexibility index (Phi) is 19.0. The first-order chi connectivity index (χ1) is 28.7. The lowest BCUT2D eigenvalue weighted by atomic mass is 9.92. The molecule has 1 saturated heterocycles. The number of hydrogen-bond acceptors (Lipinski definition) is 12. The van der Waals surface area contributed by atoms with E-state index in [0.29, 0.717) is 12.1 Å². The van der Waals surface area contributed by atoms with Gasteiger partial charge in [0.1, 0.15) is 42.3 Å². The highest BCUT2D eigenvalue weighted by Gasteiger charge is 2.58. The second kappa shape index (κ2) is 24.1. The van der Waals surface area contributed by atoms with E-state index in [4.69, 9.17) is 29.0 Å². The summed E-state index contributed by atoms with van der Waals surface area (Å²) in [7, 11) is -4.74. The molecule has 5 N–H and O–H groups in total. The van der Waals surface area contributed by atoms with Gasteiger partial charge in [0.05, 0.1) is 32.1 Å². The van der Waals surface area contributed by atoms with Crippen LogP contribution < -0.4 is 5.73 Å². The minimum atomic E-state index is -4.74. The van der Waals surface area contributed by atoms with Crippen molar-refractivity contribution in [3.8, 4) is 6.07 Å². The Bertz CT molecular complexity index is 1940. The topological polar surface area (TPSA) is 204 Å². The molecule has 15 heteroatoms. The van der Waals surface area contributed by atoms with Crippen LogP contribution >= 0.6 is 7.82 Å². The number of unbranched alkanes of at least 4 members (excludes halogenated alkanes) is 15. The molecule has 0 radical (unpaired) electrons. The lowest BCUT2D eigenvalue weighted by Gasteiger charge is -2.24. The van der Waals surface area contributed by atoms with Crippen LogP contribution in [0.15, 0.2) is 60.9 Å². The van der Waals surface area contributed by atoms with Crippen molar-refractivity contribution in [3.63, 3.8) is 0 Å². The fraction of sp³-hybridized carbons (Fsp3) is 0.614. The molecule has 4 aromatic rings. The number of fused-ring (bicyclic) bond motifs is 2. The fourth-order valence-corrected chi connectivity index (χ4v) is 8.35. The van der Waals surface area contributed by atoms with E-state index < -0.39 is 44.4 Å². The number of benzene rings is 2. The Labute approximate surface area is 348 Å². The average Bonchev–Trinajstić information content (AvgIpc) is 3.79. The van der Waals surface area contributed by atoms with Gasteiger partial charge in [0.15, 0.2) is 5.82 Å². The minimum absolute atomic E-state index is 0.0903. The molecule has 3 heterocycles. The van der Waals surface area contributed by atoms with Gasteiger partial charge in [0.25, 0.3) is 0 Å². The summed E-state index contributed by atoms with van der Waals surface area (Å²) in [6.07, 6.45) is 16.3. The number of hydrogen-bond donors (Lipinski definition) is 4. The Morgan fingerprint density at radius 3 is 2.19 bits per heavy atom. The van der Waals surface area contributed by atoms with Gasteiger partial charge in [-0.15, -0.1) is 0 Å². The molecule has 1 fully saturated rings. The number of aromatic nitrogens is 3. The van der Waals surface area contributed by atoms with Crippen LogP contribution in [0.2, 0.25) is 0 Å². The lowest BCUT2D eigenvalue weighted by molar-refractivity contribution is -0.0690. The number of aliphatic hydroxyl groups excluding tert-OH is 2. The Hall–Kier alpha value is -3.48. The van der Waals surface area contributed by atoms with Gasteiger partial charge < -0.3 is 35.1 Å². The summed E-state index contributed by atoms with van der Waals surface area (Å²) in [5.74, 6) is 0.135. The first-order valence-electron chi connectivity index (χ1n) is 21.5. The number of nitrogen functional groups attached to an aromatic ring is 1. The minimum Gasteiger partial charge on any atom is -0.387 e. The monoisotopic (exact) mass is 837 g/mol. The van der Waals surface area contributed by atoms with Crippen LogP contribution in [0.5, 0.6) is 0 Å². The SMILES string of the molecule is CCCCCCCCCCCCCCCCCCOC[C@H](COP(=O)(O)OC[C@H]1O[C@@](C#N)(c2ccc3c(N)ncnn23)[C@H](O)[C@@H]1O)OCc1ccc2ccccc2c1. The highest BCUT2D eigenvalue weighted by molar-refractivity contribution is 7.47. The van der Waals surface area contributed by atoms with Gasteiger partial charge in [-0.1, -0.05) is 140 Å². The molecule has 0 bridgehead atoms. The zero-order valence-electron chi connectivity index (χ0n) is 34.5. The summed E-state index contributed by atoms with van der Waals surface area (Å²) in [5.41, 5.74) is 5.21. The number of anilines is 1. The largest absolute Gasteiger partial charge is 0.472 e. The van der Waals surface area contributed by atoms with Crippen molar-refractivity contribution in [2.24, 2.45) is 0 Å². The van der Waals surface area contributed by atoms with Gasteiger partial charge in [0.2, 0.25) is 5.60 Å². The van der Waals surface area contributed by atoms with E-state index >= 15 is 0 Å². The summed E-state index contributed by atoms with van der Waals surface area (Å²) in [6, 6.07) is 19.0. The Morgan fingerprint density at radius 1 is 0.881 bits per heavy atom. The van der Waals surface area contributed by atoms with E-state index in [2.05, 4.69) is 17.0 Å². The number of rotatable bonds is 29. The van der Waals surface area contributed by atoms with E-state index in [1.807, 2.05) is 48.5 Å². The molecule has 6 atom stereocenters. The van der Waals surface area contributed by atoms with Crippen molar-refractivity contribution >= 4 is 29.9 Å². The van der Waals surface area contributed by atoms with Gasteiger partial charge in [-0.05, 0) is 41.0 Å². The number of nitriles is 1. The third-order valence-corrected chi connectivity index (χ3v) is 12.0. The molecule has 14 nitrogen and oxygen atoms in total. The van der Waals surface area contributed by atoms with Crippen LogP contribution in [0.1, 0.15) is 121 Å². The summed E-state index contributed by atoms with van der Waals surface area (Å²) in [6.45, 7) is 2.15. The number of aliphatic hydroxyl groups is 2. The molecule has 1 aliphatic heterocycles. The van der Waals surface area contributed by atoms with Gasteiger partial charge in [-0.2, -0.15) is 10.4 Å². The number of nitrogens with two attached hydrogens (primary N) is 1. The lowest BCUT2D eigenvalue weighted by Crippen LogP contribution is -2.41. The maximum absolute atomic E-state index is 13.1. The number of nitrogens with zero attached hydrogens (tertiary/aromatic N) is 4. The van der Waals surface area contributed by atoms with Crippen LogP contribution in [0.4, 0.5) is 5.82 Å². The molecule has 59 heavy (non-hydrogen) atoms. The molecule has 324 valence electrons. The summed E-state index contributed by atoms with van der Waals surface area (Å²) in [5, 5.41) is 38.3. The molecule has 0 aliphatic carbocycles. The Morgan fingerprint density at radius 2 is 1.53 bits per heavy atom. The van der Waals surface area contributed by atoms with Gasteiger partial charge in [-0.3, -0.25) is 9.05 Å². The van der Waals surface area contributed by atoms with E-state index in [9.17, 15) is 24.9 Å². The van der Waals surface area contributed by atoms with Crippen LogP contribution in [-0.2, 0) is 40.0 Å². The highest BCUT2D eigenvalue weighted by atomic mass is 31.2. The third-order valence-electron chi connectivity index (χ3n) is 11.1. The van der Waals surface area contributed by atoms with Crippen molar-refractivity contribution < 1.29 is 42.9 Å². The predicted octanol–water partition coefficient (Wildman–Crippen LogP) is 8.30. The van der Waals surface area contributed by atoms with Gasteiger partial charge >= 0.3 is 7.82 Å². The second-order valence-corrected chi connectivity index (χ2v) is 17.1. The fourth-order valence-electron chi connectivity index (χ4n) is 7.59. The number of ether oxygens (including phenoxy) is 3. The van der Waals surface area contributed by atoms with E-state index in [0.717, 1.165) is 35.6 Å². The molecule has 1 aliphatic rings. The molecule has 1 unspecified atom stereocenters. The van der Waals surface area contributed by atoms with Crippen LogP contribution in [0, 0.1) is 11.3 Å². The first kappa shape index (κ1) is 46.6. The number of phosphoric acid groups is 1. The van der Waals surface area contributed by atoms with Crippen molar-refractivity contribution in [1.82, 2.24) is 14.6 Å². The van der Waals surface area contributed by atoms with Crippen LogP contribution in [0.3, 0.4) is 0 Å². The molecule has 0 spiro atoms. The zero-order chi connectivity index (χ0) is 41.9.